The third kappa shape index (κ3) is 4.84. The van der Waals surface area contributed by atoms with Crippen LogP contribution < -0.4 is 0 Å². The smallest absolute Gasteiger partial charge is 0.111 e. The summed E-state index contributed by atoms with van der Waals surface area (Å²) < 4.78 is 12.1. The molecule has 0 bridgehead atoms. The molecule has 5 atom stereocenters. The minimum atomic E-state index is -0.896. The van der Waals surface area contributed by atoms with Crippen LogP contribution in [0.5, 0.6) is 0 Å². The van der Waals surface area contributed by atoms with Crippen molar-refractivity contribution < 1.29 is 19.7 Å². The van der Waals surface area contributed by atoms with Gasteiger partial charge in [-0.2, -0.15) is 0 Å². The second-order valence-corrected chi connectivity index (χ2v) is 7.21. The van der Waals surface area contributed by atoms with Gasteiger partial charge in [0.15, 0.2) is 0 Å². The van der Waals surface area contributed by atoms with Crippen LogP contribution in [0.2, 0.25) is 0 Å². The van der Waals surface area contributed by atoms with E-state index in [-0.39, 0.29) is 18.6 Å². The number of rotatable bonds is 7. The van der Waals surface area contributed by atoms with Crippen molar-refractivity contribution >= 4 is 11.6 Å². The summed E-state index contributed by atoms with van der Waals surface area (Å²) in [5.74, 6) is -0.219. The SMILES string of the molecule is OC[C@H]1C[C@H](OCc2ccccc2)[C@H](OCc2ccccc2)[C@@H](O)[C@@H]1Cl. The Hall–Kier alpha value is -1.43. The fraction of sp³-hybridized carbons (Fsp3) is 0.429. The van der Waals surface area contributed by atoms with Crippen LogP contribution in [-0.2, 0) is 22.7 Å². The molecule has 0 unspecified atom stereocenters. The Labute approximate surface area is 159 Å². The molecule has 0 aromatic heterocycles. The maximum Gasteiger partial charge on any atom is 0.111 e. The van der Waals surface area contributed by atoms with E-state index in [1.54, 1.807) is 0 Å². The van der Waals surface area contributed by atoms with Gasteiger partial charge in [-0.25, -0.2) is 0 Å². The van der Waals surface area contributed by atoms with Gasteiger partial charge in [0, 0.05) is 12.5 Å². The molecule has 2 aromatic carbocycles. The van der Waals surface area contributed by atoms with Crippen LogP contribution in [0.15, 0.2) is 60.7 Å². The van der Waals surface area contributed by atoms with Crippen molar-refractivity contribution in [2.24, 2.45) is 5.92 Å². The van der Waals surface area contributed by atoms with E-state index in [4.69, 9.17) is 21.1 Å². The largest absolute Gasteiger partial charge is 0.396 e. The molecule has 3 rings (SSSR count). The lowest BCUT2D eigenvalue weighted by Crippen LogP contribution is -2.54. The van der Waals surface area contributed by atoms with E-state index >= 15 is 0 Å². The summed E-state index contributed by atoms with van der Waals surface area (Å²) in [6, 6.07) is 19.7. The molecule has 0 radical (unpaired) electrons. The van der Waals surface area contributed by atoms with Gasteiger partial charge in [-0.15, -0.1) is 11.6 Å². The molecule has 0 amide bonds. The number of alkyl halides is 1. The third-order valence-electron chi connectivity index (χ3n) is 4.84. The molecular formula is C21H25ClO4. The van der Waals surface area contributed by atoms with Crippen molar-refractivity contribution in [1.82, 2.24) is 0 Å². The number of hydrogen-bond donors (Lipinski definition) is 2. The lowest BCUT2D eigenvalue weighted by atomic mass is 9.83. The molecule has 1 saturated carbocycles. The molecule has 26 heavy (non-hydrogen) atoms. The van der Waals surface area contributed by atoms with Crippen molar-refractivity contribution in [3.63, 3.8) is 0 Å². The average molecular weight is 377 g/mol. The minimum absolute atomic E-state index is 0.0815. The molecule has 0 heterocycles. The van der Waals surface area contributed by atoms with Gasteiger partial charge in [-0.3, -0.25) is 0 Å². The summed E-state index contributed by atoms with van der Waals surface area (Å²) in [5, 5.41) is 19.7. The Morgan fingerprint density at radius 1 is 0.885 bits per heavy atom. The van der Waals surface area contributed by atoms with Crippen LogP contribution in [0, 0.1) is 5.92 Å². The quantitative estimate of drug-likeness (QED) is 0.729. The van der Waals surface area contributed by atoms with Gasteiger partial charge in [-0.1, -0.05) is 60.7 Å². The predicted octanol–water partition coefficient (Wildman–Crippen LogP) is 3.14. The Morgan fingerprint density at radius 3 is 1.96 bits per heavy atom. The van der Waals surface area contributed by atoms with E-state index in [1.165, 1.54) is 0 Å². The van der Waals surface area contributed by atoms with E-state index < -0.39 is 17.6 Å². The van der Waals surface area contributed by atoms with Crippen LogP contribution in [-0.4, -0.2) is 40.5 Å². The van der Waals surface area contributed by atoms with E-state index in [9.17, 15) is 10.2 Å². The Morgan fingerprint density at radius 2 is 1.42 bits per heavy atom. The topological polar surface area (TPSA) is 58.9 Å². The summed E-state index contributed by atoms with van der Waals surface area (Å²) in [7, 11) is 0. The normalized spacial score (nSPS) is 28.8. The highest BCUT2D eigenvalue weighted by atomic mass is 35.5. The van der Waals surface area contributed by atoms with E-state index in [2.05, 4.69) is 0 Å². The van der Waals surface area contributed by atoms with Crippen LogP contribution in [0.25, 0.3) is 0 Å². The number of halogens is 1. The van der Waals surface area contributed by atoms with Gasteiger partial charge in [-0.05, 0) is 17.5 Å². The molecule has 0 aliphatic heterocycles. The standard InChI is InChI=1S/C21H25ClO4/c22-19-17(12-23)11-18(25-13-15-7-3-1-4-8-15)21(20(19)24)26-14-16-9-5-2-6-10-16/h1-10,17-21,23-24H,11-14H2/t17-,18+,19-,20+,21+/m1/s1. The average Bonchev–Trinajstić information content (AvgIpc) is 2.69. The fourth-order valence-corrected chi connectivity index (χ4v) is 3.66. The first-order chi connectivity index (χ1) is 12.7. The molecule has 0 saturated heterocycles. The summed E-state index contributed by atoms with van der Waals surface area (Å²) in [4.78, 5) is 0. The molecule has 1 aliphatic rings. The van der Waals surface area contributed by atoms with E-state index in [0.29, 0.717) is 19.6 Å². The first-order valence-electron chi connectivity index (χ1n) is 8.93. The second-order valence-electron chi connectivity index (χ2n) is 6.71. The van der Waals surface area contributed by atoms with Gasteiger partial charge < -0.3 is 19.7 Å². The molecular weight excluding hydrogens is 352 g/mol. The van der Waals surface area contributed by atoms with Crippen LogP contribution in [0.3, 0.4) is 0 Å². The molecule has 4 nitrogen and oxygen atoms in total. The van der Waals surface area contributed by atoms with Gasteiger partial charge in [0.2, 0.25) is 0 Å². The van der Waals surface area contributed by atoms with Gasteiger partial charge in [0.05, 0.1) is 30.8 Å². The Balaban J connectivity index is 1.68. The van der Waals surface area contributed by atoms with Crippen molar-refractivity contribution in [3.05, 3.63) is 71.8 Å². The summed E-state index contributed by atoms with van der Waals surface area (Å²) >= 11 is 6.35. The Bertz CT molecular complexity index is 652. The molecule has 5 heteroatoms. The Kier molecular flexibility index (Phi) is 7.06. The first kappa shape index (κ1) is 19.3. The van der Waals surface area contributed by atoms with Crippen molar-refractivity contribution in [2.45, 2.75) is 43.3 Å². The number of aliphatic hydroxyl groups is 2. The first-order valence-corrected chi connectivity index (χ1v) is 9.36. The van der Waals surface area contributed by atoms with E-state index in [0.717, 1.165) is 11.1 Å². The highest BCUT2D eigenvalue weighted by Crippen LogP contribution is 2.33. The maximum absolute atomic E-state index is 10.6. The van der Waals surface area contributed by atoms with Crippen LogP contribution in [0.4, 0.5) is 0 Å². The predicted molar refractivity (Wildman–Crippen MR) is 101 cm³/mol. The highest BCUT2D eigenvalue weighted by molar-refractivity contribution is 6.21. The summed E-state index contributed by atoms with van der Waals surface area (Å²) in [6.07, 6.45) is -1.22. The highest BCUT2D eigenvalue weighted by Gasteiger charge is 2.44. The zero-order chi connectivity index (χ0) is 18.4. The van der Waals surface area contributed by atoms with Gasteiger partial charge >= 0.3 is 0 Å². The lowest BCUT2D eigenvalue weighted by Gasteiger charge is -2.41. The number of hydrogen-bond acceptors (Lipinski definition) is 4. The molecule has 0 spiro atoms. The van der Waals surface area contributed by atoms with Gasteiger partial charge in [0.1, 0.15) is 6.10 Å². The second kappa shape index (κ2) is 9.49. The zero-order valence-electron chi connectivity index (χ0n) is 14.6. The molecule has 1 fully saturated rings. The summed E-state index contributed by atoms with van der Waals surface area (Å²) in [6.45, 7) is 0.720. The van der Waals surface area contributed by atoms with Crippen LogP contribution >= 0.6 is 11.6 Å². The number of benzene rings is 2. The molecule has 140 valence electrons. The minimum Gasteiger partial charge on any atom is -0.396 e. The third-order valence-corrected chi connectivity index (χ3v) is 5.46. The van der Waals surface area contributed by atoms with Crippen molar-refractivity contribution in [3.8, 4) is 0 Å². The monoisotopic (exact) mass is 376 g/mol. The van der Waals surface area contributed by atoms with E-state index in [1.807, 2.05) is 60.7 Å². The zero-order valence-corrected chi connectivity index (χ0v) is 15.3. The molecule has 2 aromatic rings. The van der Waals surface area contributed by atoms with Crippen LogP contribution in [0.1, 0.15) is 17.5 Å². The lowest BCUT2D eigenvalue weighted by molar-refractivity contribution is -0.162. The number of ether oxygens (including phenoxy) is 2. The summed E-state index contributed by atoms with van der Waals surface area (Å²) in [5.41, 5.74) is 2.08. The molecule has 2 N–H and O–H groups in total. The fourth-order valence-electron chi connectivity index (χ4n) is 3.33. The van der Waals surface area contributed by atoms with Gasteiger partial charge in [0.25, 0.3) is 0 Å². The van der Waals surface area contributed by atoms with Crippen molar-refractivity contribution in [2.75, 3.05) is 6.61 Å². The molecule has 1 aliphatic carbocycles. The maximum atomic E-state index is 10.6. The number of aliphatic hydroxyl groups excluding tert-OH is 2. The van der Waals surface area contributed by atoms with Crippen molar-refractivity contribution in [1.29, 1.82) is 0 Å².